The average Bonchev–Trinajstić information content (AvgIpc) is 2.56. The number of ether oxygens (including phenoxy) is 1. The van der Waals surface area contributed by atoms with Gasteiger partial charge in [-0.1, -0.05) is 31.5 Å². The van der Waals surface area contributed by atoms with Crippen LogP contribution in [0, 0.1) is 0 Å². The highest BCUT2D eigenvalue weighted by Crippen LogP contribution is 2.40. The van der Waals surface area contributed by atoms with Crippen LogP contribution in [-0.4, -0.2) is 15.0 Å². The van der Waals surface area contributed by atoms with Crippen molar-refractivity contribution >= 4 is 41.0 Å². The van der Waals surface area contributed by atoms with Gasteiger partial charge in [0.05, 0.1) is 10.3 Å². The summed E-state index contributed by atoms with van der Waals surface area (Å²) in [5.41, 5.74) is 1.17. The van der Waals surface area contributed by atoms with Gasteiger partial charge in [-0.05, 0) is 36.2 Å². The van der Waals surface area contributed by atoms with Crippen LogP contribution in [0.15, 0.2) is 47.4 Å². The third-order valence-corrected chi connectivity index (χ3v) is 5.00. The van der Waals surface area contributed by atoms with E-state index in [1.165, 1.54) is 6.07 Å². The maximum absolute atomic E-state index is 12.1. The molecular weight excluding hydrogens is 376 g/mol. The van der Waals surface area contributed by atoms with Crippen LogP contribution in [0.4, 0.5) is 5.69 Å². The second kappa shape index (κ2) is 8.84. The molecule has 0 atom stereocenters. The minimum absolute atomic E-state index is 0.0963. The molecular formula is C17H22N2O3S3. The first-order valence-corrected chi connectivity index (χ1v) is 10.4. The standard InChI is InChI=1S/C17H22N2O3S3/c1-2-3-9-19-14-10-12(17(23)24)11-15(25(18,20)21)16(14)22-13-7-5-4-6-8-13/h4-8,10-11,17,19,23-24H,2-3,9H2,1H3,(H2,18,20,21). The summed E-state index contributed by atoms with van der Waals surface area (Å²) in [5, 5.41) is 8.65. The zero-order valence-electron chi connectivity index (χ0n) is 13.8. The monoisotopic (exact) mass is 398 g/mol. The van der Waals surface area contributed by atoms with Gasteiger partial charge in [0.1, 0.15) is 10.6 Å². The second-order valence-corrected chi connectivity index (χ2v) is 8.48. The van der Waals surface area contributed by atoms with Crippen molar-refractivity contribution in [2.45, 2.75) is 29.2 Å². The van der Waals surface area contributed by atoms with Gasteiger partial charge in [0.25, 0.3) is 0 Å². The van der Waals surface area contributed by atoms with E-state index in [1.54, 1.807) is 18.2 Å². The number of anilines is 1. The summed E-state index contributed by atoms with van der Waals surface area (Å²) in [6.45, 7) is 2.76. The zero-order valence-corrected chi connectivity index (χ0v) is 16.5. The molecule has 5 nitrogen and oxygen atoms in total. The molecule has 0 amide bonds. The van der Waals surface area contributed by atoms with Gasteiger partial charge in [0.2, 0.25) is 10.0 Å². The molecule has 0 bridgehead atoms. The fraction of sp³-hybridized carbons (Fsp3) is 0.294. The predicted molar refractivity (Wildman–Crippen MR) is 108 cm³/mol. The quantitative estimate of drug-likeness (QED) is 0.305. The molecule has 2 aromatic rings. The summed E-state index contributed by atoms with van der Waals surface area (Å²) in [6.07, 6.45) is 1.94. The summed E-state index contributed by atoms with van der Waals surface area (Å²) in [6, 6.07) is 12.2. The Morgan fingerprint density at radius 2 is 1.88 bits per heavy atom. The number of hydrogen-bond acceptors (Lipinski definition) is 6. The van der Waals surface area contributed by atoms with Crippen LogP contribution in [0.25, 0.3) is 0 Å². The van der Waals surface area contributed by atoms with Gasteiger partial charge in [0.15, 0.2) is 5.75 Å². The molecule has 0 radical (unpaired) electrons. The SMILES string of the molecule is CCCCNc1cc(C(S)S)cc(S(N)(=O)=O)c1Oc1ccccc1. The number of nitrogens with two attached hydrogens (primary N) is 1. The van der Waals surface area contributed by atoms with Crippen molar-refractivity contribution in [3.63, 3.8) is 0 Å². The van der Waals surface area contributed by atoms with Crippen molar-refractivity contribution < 1.29 is 13.2 Å². The minimum Gasteiger partial charge on any atom is -0.454 e. The number of para-hydroxylation sites is 1. The number of sulfonamides is 1. The van der Waals surface area contributed by atoms with Crippen LogP contribution in [0.5, 0.6) is 11.5 Å². The Hall–Kier alpha value is -1.35. The summed E-state index contributed by atoms with van der Waals surface area (Å²) < 4.78 is 29.7. The lowest BCUT2D eigenvalue weighted by Gasteiger charge is -2.18. The topological polar surface area (TPSA) is 81.4 Å². The van der Waals surface area contributed by atoms with Gasteiger partial charge < -0.3 is 10.1 Å². The van der Waals surface area contributed by atoms with E-state index in [4.69, 9.17) is 9.88 Å². The first kappa shape index (κ1) is 20.0. The summed E-state index contributed by atoms with van der Waals surface area (Å²) in [4.78, 5) is -0.0963. The fourth-order valence-corrected chi connectivity index (χ4v) is 3.24. The molecule has 0 saturated heterocycles. The van der Waals surface area contributed by atoms with Gasteiger partial charge in [-0.3, -0.25) is 0 Å². The molecule has 0 aliphatic carbocycles. The zero-order chi connectivity index (χ0) is 18.4. The molecule has 0 heterocycles. The highest BCUT2D eigenvalue weighted by molar-refractivity contribution is 7.98. The van der Waals surface area contributed by atoms with E-state index in [9.17, 15) is 8.42 Å². The minimum atomic E-state index is -4.00. The summed E-state index contributed by atoms with van der Waals surface area (Å²) >= 11 is 8.56. The van der Waals surface area contributed by atoms with Crippen molar-refractivity contribution in [2.24, 2.45) is 5.14 Å². The van der Waals surface area contributed by atoms with Crippen molar-refractivity contribution in [3.05, 3.63) is 48.0 Å². The Bertz CT molecular complexity index is 809. The molecule has 0 spiro atoms. The Kier molecular flexibility index (Phi) is 7.06. The third kappa shape index (κ3) is 5.57. The Morgan fingerprint density at radius 1 is 1.20 bits per heavy atom. The molecule has 0 fully saturated rings. The number of nitrogens with one attached hydrogen (secondary N) is 1. The van der Waals surface area contributed by atoms with E-state index in [0.29, 0.717) is 23.5 Å². The van der Waals surface area contributed by atoms with Crippen LogP contribution >= 0.6 is 25.3 Å². The number of hydrogen-bond donors (Lipinski definition) is 4. The summed E-state index contributed by atoms with van der Waals surface area (Å²) in [7, 11) is -4.00. The molecule has 0 aliphatic rings. The molecule has 25 heavy (non-hydrogen) atoms. The highest BCUT2D eigenvalue weighted by atomic mass is 32.2. The summed E-state index contributed by atoms with van der Waals surface area (Å²) in [5.74, 6) is 0.697. The Labute approximate surface area is 159 Å². The first-order valence-electron chi connectivity index (χ1n) is 7.86. The van der Waals surface area contributed by atoms with Crippen molar-refractivity contribution in [3.8, 4) is 11.5 Å². The van der Waals surface area contributed by atoms with Crippen LogP contribution in [0.1, 0.15) is 29.9 Å². The fourth-order valence-electron chi connectivity index (χ4n) is 2.23. The highest BCUT2D eigenvalue weighted by Gasteiger charge is 2.22. The molecule has 0 aliphatic heterocycles. The molecule has 8 heteroatoms. The van der Waals surface area contributed by atoms with Crippen molar-refractivity contribution in [2.75, 3.05) is 11.9 Å². The Morgan fingerprint density at radius 3 is 2.44 bits per heavy atom. The second-order valence-electron chi connectivity index (χ2n) is 5.51. The number of rotatable bonds is 8. The number of primary sulfonamides is 1. The van der Waals surface area contributed by atoms with Gasteiger partial charge in [-0.15, -0.1) is 0 Å². The number of unbranched alkanes of at least 4 members (excludes halogenated alkanes) is 1. The molecule has 3 N–H and O–H groups in total. The number of thiol groups is 2. The lowest BCUT2D eigenvalue weighted by Crippen LogP contribution is -2.15. The lowest BCUT2D eigenvalue weighted by molar-refractivity contribution is 0.469. The molecule has 0 unspecified atom stereocenters. The lowest BCUT2D eigenvalue weighted by atomic mass is 10.2. The average molecular weight is 399 g/mol. The van der Waals surface area contributed by atoms with E-state index in [-0.39, 0.29) is 10.6 Å². The molecule has 2 rings (SSSR count). The first-order chi connectivity index (χ1) is 11.8. The normalized spacial score (nSPS) is 11.6. The molecule has 2 aromatic carbocycles. The van der Waals surface area contributed by atoms with Gasteiger partial charge in [-0.25, -0.2) is 13.6 Å². The van der Waals surface area contributed by atoms with E-state index in [1.807, 2.05) is 18.2 Å². The van der Waals surface area contributed by atoms with Crippen molar-refractivity contribution in [1.82, 2.24) is 0 Å². The van der Waals surface area contributed by atoms with Crippen LogP contribution < -0.4 is 15.2 Å². The molecule has 136 valence electrons. The van der Waals surface area contributed by atoms with E-state index < -0.39 is 14.6 Å². The smallest absolute Gasteiger partial charge is 0.241 e. The van der Waals surface area contributed by atoms with E-state index in [0.717, 1.165) is 12.8 Å². The maximum atomic E-state index is 12.1. The molecule has 0 saturated carbocycles. The molecule has 0 aromatic heterocycles. The van der Waals surface area contributed by atoms with Gasteiger partial charge in [-0.2, -0.15) is 25.3 Å². The number of benzene rings is 2. The van der Waals surface area contributed by atoms with Gasteiger partial charge >= 0.3 is 0 Å². The van der Waals surface area contributed by atoms with E-state index in [2.05, 4.69) is 37.5 Å². The largest absolute Gasteiger partial charge is 0.454 e. The van der Waals surface area contributed by atoms with E-state index >= 15 is 0 Å². The van der Waals surface area contributed by atoms with Crippen molar-refractivity contribution in [1.29, 1.82) is 0 Å². The Balaban J connectivity index is 2.57. The van der Waals surface area contributed by atoms with Crippen LogP contribution in [0.2, 0.25) is 0 Å². The van der Waals surface area contributed by atoms with Gasteiger partial charge in [0, 0.05) is 6.54 Å². The van der Waals surface area contributed by atoms with Crippen LogP contribution in [0.3, 0.4) is 0 Å². The third-order valence-electron chi connectivity index (χ3n) is 3.49. The maximum Gasteiger partial charge on any atom is 0.241 e. The predicted octanol–water partition coefficient (Wildman–Crippen LogP) is 4.20. The van der Waals surface area contributed by atoms with Crippen LogP contribution in [-0.2, 0) is 10.0 Å².